The van der Waals surface area contributed by atoms with Crippen LogP contribution in [-0.2, 0) is 17.6 Å². The van der Waals surface area contributed by atoms with Crippen LogP contribution in [0.3, 0.4) is 0 Å². The van der Waals surface area contributed by atoms with Gasteiger partial charge in [0.05, 0.1) is 0 Å². The molecule has 0 unspecified atom stereocenters. The molecule has 1 aliphatic rings. The number of carboxylic acids is 1. The Balaban J connectivity index is 0.000000277. The quantitative estimate of drug-likeness (QED) is 0.847. The zero-order valence-electron chi connectivity index (χ0n) is 13.5. The van der Waals surface area contributed by atoms with Crippen LogP contribution < -0.4 is 4.90 Å². The van der Waals surface area contributed by atoms with Crippen LogP contribution in [0.5, 0.6) is 0 Å². The normalized spacial score (nSPS) is 14.0. The van der Waals surface area contributed by atoms with Crippen LogP contribution in [0.4, 0.5) is 19.0 Å². The molecule has 6 nitrogen and oxygen atoms in total. The van der Waals surface area contributed by atoms with Gasteiger partial charge in [-0.1, -0.05) is 6.07 Å². The highest BCUT2D eigenvalue weighted by Gasteiger charge is 2.38. The van der Waals surface area contributed by atoms with Crippen LogP contribution in [0.2, 0.25) is 0 Å². The highest BCUT2D eigenvalue weighted by molar-refractivity contribution is 5.73. The third-order valence-corrected chi connectivity index (χ3v) is 3.72. The number of alkyl halides is 3. The van der Waals surface area contributed by atoms with Crippen molar-refractivity contribution in [3.63, 3.8) is 0 Å². The molecule has 0 atom stereocenters. The molecule has 0 spiro atoms. The first-order valence-electron chi connectivity index (χ1n) is 7.54. The van der Waals surface area contributed by atoms with Crippen molar-refractivity contribution >= 4 is 11.8 Å². The van der Waals surface area contributed by atoms with Crippen LogP contribution in [0.15, 0.2) is 30.7 Å². The van der Waals surface area contributed by atoms with Crippen molar-refractivity contribution < 1.29 is 23.1 Å². The number of carbonyl (C=O) groups is 1. The van der Waals surface area contributed by atoms with Crippen LogP contribution >= 0.6 is 0 Å². The smallest absolute Gasteiger partial charge is 0.475 e. The second kappa shape index (κ2) is 7.91. The number of aromatic nitrogens is 3. The van der Waals surface area contributed by atoms with E-state index in [1.807, 2.05) is 18.3 Å². The van der Waals surface area contributed by atoms with E-state index in [1.54, 1.807) is 6.33 Å². The van der Waals surface area contributed by atoms with Gasteiger partial charge in [0.15, 0.2) is 0 Å². The molecule has 0 saturated heterocycles. The van der Waals surface area contributed by atoms with E-state index in [-0.39, 0.29) is 0 Å². The minimum Gasteiger partial charge on any atom is -0.475 e. The molecule has 0 aromatic carbocycles. The summed E-state index contributed by atoms with van der Waals surface area (Å²) in [6.07, 6.45) is 0.400. The average molecular weight is 354 g/mol. The number of aliphatic carboxylic acids is 1. The predicted molar refractivity (Wildman–Crippen MR) is 84.3 cm³/mol. The fourth-order valence-electron chi connectivity index (χ4n) is 2.46. The maximum atomic E-state index is 10.6. The lowest BCUT2D eigenvalue weighted by atomic mass is 10.1. The monoisotopic (exact) mass is 354 g/mol. The molecule has 134 valence electrons. The minimum absolute atomic E-state index is 0.968. The summed E-state index contributed by atoms with van der Waals surface area (Å²) >= 11 is 0. The number of carboxylic acid groups (broad SMARTS) is 1. The first kappa shape index (κ1) is 18.6. The summed E-state index contributed by atoms with van der Waals surface area (Å²) < 4.78 is 31.7. The van der Waals surface area contributed by atoms with Gasteiger partial charge in [0.25, 0.3) is 0 Å². The molecule has 25 heavy (non-hydrogen) atoms. The van der Waals surface area contributed by atoms with E-state index >= 15 is 0 Å². The van der Waals surface area contributed by atoms with Crippen molar-refractivity contribution in [2.75, 3.05) is 18.0 Å². The fraction of sp³-hybridized carbons (Fsp3) is 0.375. The van der Waals surface area contributed by atoms with Gasteiger partial charge in [-0.15, -0.1) is 0 Å². The molecule has 1 N–H and O–H groups in total. The zero-order chi connectivity index (χ0) is 18.4. The Hall–Kier alpha value is -2.71. The Morgan fingerprint density at radius 1 is 1.16 bits per heavy atom. The summed E-state index contributed by atoms with van der Waals surface area (Å²) in [6.45, 7) is 4.02. The van der Waals surface area contributed by atoms with E-state index < -0.39 is 12.1 Å². The van der Waals surface area contributed by atoms with E-state index in [0.717, 1.165) is 37.4 Å². The molecule has 9 heteroatoms. The second-order valence-electron chi connectivity index (χ2n) is 5.36. The Morgan fingerprint density at radius 2 is 1.84 bits per heavy atom. The van der Waals surface area contributed by atoms with E-state index in [0.29, 0.717) is 0 Å². The molecule has 3 rings (SSSR count). The molecule has 2 aromatic heterocycles. The van der Waals surface area contributed by atoms with E-state index in [4.69, 9.17) is 9.90 Å². The second-order valence-corrected chi connectivity index (χ2v) is 5.36. The number of fused-ring (bicyclic) bond motifs is 1. The number of anilines is 1. The van der Waals surface area contributed by atoms with Crippen molar-refractivity contribution in [2.45, 2.75) is 25.9 Å². The number of hydrogen-bond donors (Lipinski definition) is 1. The van der Waals surface area contributed by atoms with Crippen molar-refractivity contribution in [3.8, 4) is 0 Å². The van der Waals surface area contributed by atoms with Crippen molar-refractivity contribution in [2.24, 2.45) is 0 Å². The van der Waals surface area contributed by atoms with Gasteiger partial charge in [-0.3, -0.25) is 0 Å². The molecule has 0 radical (unpaired) electrons. The SMILES string of the molecule is Cc1ncnc2c1CCN(c1ccccn1)CC2.O=C(O)C(F)(F)F. The van der Waals surface area contributed by atoms with Crippen LogP contribution in [-0.4, -0.2) is 45.3 Å². The number of hydrogen-bond acceptors (Lipinski definition) is 5. The first-order valence-corrected chi connectivity index (χ1v) is 7.54. The lowest BCUT2D eigenvalue weighted by Crippen LogP contribution is -2.26. The molecule has 0 fully saturated rings. The van der Waals surface area contributed by atoms with E-state index in [1.165, 1.54) is 11.3 Å². The minimum atomic E-state index is -5.08. The molecule has 1 aliphatic heterocycles. The van der Waals surface area contributed by atoms with Crippen LogP contribution in [0.1, 0.15) is 17.0 Å². The van der Waals surface area contributed by atoms with Crippen molar-refractivity contribution in [1.29, 1.82) is 0 Å². The lowest BCUT2D eigenvalue weighted by Gasteiger charge is -2.20. The maximum absolute atomic E-state index is 10.6. The van der Waals surface area contributed by atoms with E-state index in [2.05, 4.69) is 32.8 Å². The van der Waals surface area contributed by atoms with Gasteiger partial charge in [0.2, 0.25) is 0 Å². The lowest BCUT2D eigenvalue weighted by molar-refractivity contribution is -0.192. The van der Waals surface area contributed by atoms with Gasteiger partial charge >= 0.3 is 12.1 Å². The molecule has 0 bridgehead atoms. The number of aryl methyl sites for hydroxylation is 1. The van der Waals surface area contributed by atoms with Gasteiger partial charge in [0, 0.05) is 37.1 Å². The number of halogens is 3. The van der Waals surface area contributed by atoms with Crippen molar-refractivity contribution in [1.82, 2.24) is 15.0 Å². The Labute approximate surface area is 142 Å². The third-order valence-electron chi connectivity index (χ3n) is 3.72. The van der Waals surface area contributed by atoms with Gasteiger partial charge in [-0.05, 0) is 31.0 Å². The van der Waals surface area contributed by atoms with Gasteiger partial charge < -0.3 is 10.0 Å². The zero-order valence-corrected chi connectivity index (χ0v) is 13.5. The predicted octanol–water partition coefficient (Wildman–Crippen LogP) is 2.42. The van der Waals surface area contributed by atoms with Gasteiger partial charge in [-0.2, -0.15) is 13.2 Å². The molecular weight excluding hydrogens is 337 g/mol. The molecule has 3 heterocycles. The molecule has 2 aromatic rings. The fourth-order valence-corrected chi connectivity index (χ4v) is 2.46. The number of pyridine rings is 1. The summed E-state index contributed by atoms with van der Waals surface area (Å²) in [4.78, 5) is 24.3. The molecular formula is C16H17F3N4O2. The topological polar surface area (TPSA) is 79.2 Å². The summed E-state index contributed by atoms with van der Waals surface area (Å²) in [5, 5.41) is 7.12. The summed E-state index contributed by atoms with van der Waals surface area (Å²) in [5.41, 5.74) is 3.62. The Bertz CT molecular complexity index is 723. The summed E-state index contributed by atoms with van der Waals surface area (Å²) in [6, 6.07) is 6.05. The largest absolute Gasteiger partial charge is 0.490 e. The molecule has 0 aliphatic carbocycles. The van der Waals surface area contributed by atoms with Gasteiger partial charge in [-0.25, -0.2) is 19.7 Å². The summed E-state index contributed by atoms with van der Waals surface area (Å²) in [5.74, 6) is -1.71. The average Bonchev–Trinajstić information content (AvgIpc) is 2.79. The van der Waals surface area contributed by atoms with Gasteiger partial charge in [0.1, 0.15) is 12.1 Å². The maximum Gasteiger partial charge on any atom is 0.490 e. The highest BCUT2D eigenvalue weighted by Crippen LogP contribution is 2.19. The Morgan fingerprint density at radius 3 is 2.44 bits per heavy atom. The molecule has 0 amide bonds. The highest BCUT2D eigenvalue weighted by atomic mass is 19.4. The van der Waals surface area contributed by atoms with Crippen LogP contribution in [0.25, 0.3) is 0 Å². The third kappa shape index (κ3) is 5.13. The number of nitrogens with zero attached hydrogens (tertiary/aromatic N) is 4. The van der Waals surface area contributed by atoms with Crippen LogP contribution in [0, 0.1) is 6.92 Å². The van der Waals surface area contributed by atoms with Crippen molar-refractivity contribution in [3.05, 3.63) is 47.7 Å². The number of rotatable bonds is 1. The standard InChI is InChI=1S/C14H16N4.C2HF3O2/c1-11-12-5-8-18(14-4-2-3-7-15-14)9-6-13(12)17-10-16-11;3-2(4,5)1(6)7/h2-4,7,10H,5-6,8-9H2,1H3;(H,6,7). The first-order chi connectivity index (χ1) is 11.8. The molecule has 0 saturated carbocycles. The summed E-state index contributed by atoms with van der Waals surface area (Å²) in [7, 11) is 0. The Kier molecular flexibility index (Phi) is 5.89. The van der Waals surface area contributed by atoms with E-state index in [9.17, 15) is 13.2 Å².